The zero-order chi connectivity index (χ0) is 13.4. The summed E-state index contributed by atoms with van der Waals surface area (Å²) in [7, 11) is 5.60. The fraction of sp³-hybridized carbons (Fsp3) is 1.00. The molecule has 0 amide bonds. The third-order valence-corrected chi connectivity index (χ3v) is 8.50. The Morgan fingerprint density at radius 1 is 1.17 bits per heavy atom. The number of hydrogen-bond donors (Lipinski definition) is 0. The summed E-state index contributed by atoms with van der Waals surface area (Å²) in [5.74, 6) is -0.0459. The summed E-state index contributed by atoms with van der Waals surface area (Å²) in [5.41, 5.74) is 0. The number of rotatable bonds is 9. The van der Waals surface area contributed by atoms with Gasteiger partial charge in [0, 0.05) is 34.5 Å². The Balaban J connectivity index is 2.26. The van der Waals surface area contributed by atoms with E-state index < -0.39 is 8.72 Å². The van der Waals surface area contributed by atoms with E-state index in [1.165, 1.54) is 6.42 Å². The molecule has 0 bridgehead atoms. The van der Waals surface area contributed by atoms with Crippen molar-refractivity contribution in [3.63, 3.8) is 0 Å². The summed E-state index contributed by atoms with van der Waals surface area (Å²) >= 11 is 0. The first-order chi connectivity index (χ1) is 8.72. The Hall–Kier alpha value is 0.234. The second kappa shape index (κ2) is 8.41. The predicted octanol–water partition coefficient (Wildman–Crippen LogP) is 1.01. The molecule has 1 heterocycles. The summed E-state index contributed by atoms with van der Waals surface area (Å²) in [4.78, 5) is 0. The molecule has 0 N–H and O–H groups in total. The Kier molecular flexibility index (Phi) is 7.61. The molecule has 1 rings (SSSR count). The number of nitrogens with zero attached hydrogens (tertiary/aromatic N) is 1. The SMILES string of the molecule is COC(OC)[Si]CCCN1CCC[Si]1(OC)OC. The molecule has 0 aromatic heterocycles. The molecule has 2 radical (unpaired) electrons. The van der Waals surface area contributed by atoms with E-state index in [4.69, 9.17) is 18.3 Å². The molecule has 1 saturated heterocycles. The molecular weight excluding hydrogens is 266 g/mol. The second-order valence-electron chi connectivity index (χ2n) is 4.32. The maximum atomic E-state index is 5.68. The summed E-state index contributed by atoms with van der Waals surface area (Å²) < 4.78 is 24.2. The Morgan fingerprint density at radius 2 is 1.83 bits per heavy atom. The van der Waals surface area contributed by atoms with Crippen LogP contribution in [0.4, 0.5) is 0 Å². The smallest absolute Gasteiger partial charge is 0.386 e. The normalized spacial score (nSPS) is 19.8. The molecule has 0 spiro atoms. The lowest BCUT2D eigenvalue weighted by Gasteiger charge is -2.31. The van der Waals surface area contributed by atoms with Crippen LogP contribution in [0.15, 0.2) is 0 Å². The van der Waals surface area contributed by atoms with Crippen molar-refractivity contribution in [2.24, 2.45) is 0 Å². The zero-order valence-corrected chi connectivity index (χ0v) is 13.9. The highest BCUT2D eigenvalue weighted by Gasteiger charge is 2.46. The predicted molar refractivity (Wildman–Crippen MR) is 73.8 cm³/mol. The molecule has 0 unspecified atom stereocenters. The molecule has 0 saturated carbocycles. The third kappa shape index (κ3) is 4.12. The number of methoxy groups -OCH3 is 2. The van der Waals surface area contributed by atoms with Gasteiger partial charge in [-0.2, -0.15) is 0 Å². The molecule has 7 heteroatoms. The monoisotopic (exact) mass is 291 g/mol. The van der Waals surface area contributed by atoms with E-state index in [1.54, 1.807) is 28.4 Å². The molecule has 1 aliphatic rings. The highest BCUT2D eigenvalue weighted by Crippen LogP contribution is 2.27. The minimum atomic E-state index is -2.03. The lowest BCUT2D eigenvalue weighted by molar-refractivity contribution is -0.0441. The molecule has 0 aromatic rings. The fourth-order valence-corrected chi connectivity index (χ4v) is 6.34. The van der Waals surface area contributed by atoms with Gasteiger partial charge in [-0.15, -0.1) is 0 Å². The van der Waals surface area contributed by atoms with Crippen LogP contribution in [-0.2, 0) is 18.3 Å². The van der Waals surface area contributed by atoms with Gasteiger partial charge in [0.15, 0.2) is 0 Å². The molecular formula is C11H25NO4Si2. The van der Waals surface area contributed by atoms with Crippen molar-refractivity contribution < 1.29 is 18.3 Å². The van der Waals surface area contributed by atoms with E-state index in [1.807, 2.05) is 0 Å². The summed E-state index contributed by atoms with van der Waals surface area (Å²) in [6, 6.07) is 2.21. The molecule has 1 aliphatic heterocycles. The van der Waals surface area contributed by atoms with Crippen molar-refractivity contribution in [3.05, 3.63) is 0 Å². The second-order valence-corrected chi connectivity index (χ2v) is 9.08. The molecule has 0 atom stereocenters. The average molecular weight is 291 g/mol. The lowest BCUT2D eigenvalue weighted by atomic mass is 10.4. The average Bonchev–Trinajstić information content (AvgIpc) is 2.82. The van der Waals surface area contributed by atoms with Crippen molar-refractivity contribution in [3.8, 4) is 0 Å². The van der Waals surface area contributed by atoms with Crippen molar-refractivity contribution in [1.29, 1.82) is 0 Å². The highest BCUT2D eigenvalue weighted by atomic mass is 28.4. The van der Waals surface area contributed by atoms with E-state index >= 15 is 0 Å². The molecule has 0 aliphatic carbocycles. The largest absolute Gasteiger partial charge is 0.427 e. The first kappa shape index (κ1) is 16.3. The molecule has 5 nitrogen and oxygen atoms in total. The van der Waals surface area contributed by atoms with Crippen LogP contribution in [-0.4, -0.2) is 70.2 Å². The molecule has 106 valence electrons. The Morgan fingerprint density at radius 3 is 2.39 bits per heavy atom. The van der Waals surface area contributed by atoms with Crippen LogP contribution in [0.25, 0.3) is 0 Å². The Labute approximate surface area is 114 Å². The lowest BCUT2D eigenvalue weighted by Crippen LogP contribution is -2.53. The maximum absolute atomic E-state index is 5.68. The first-order valence-electron chi connectivity index (χ1n) is 6.36. The van der Waals surface area contributed by atoms with Crippen LogP contribution in [0.3, 0.4) is 0 Å². The third-order valence-electron chi connectivity index (χ3n) is 3.38. The molecule has 18 heavy (non-hydrogen) atoms. The van der Waals surface area contributed by atoms with Gasteiger partial charge in [-0.3, -0.25) is 4.57 Å². The maximum Gasteiger partial charge on any atom is 0.427 e. The Bertz CT molecular complexity index is 225. The van der Waals surface area contributed by atoms with Crippen molar-refractivity contribution in [1.82, 2.24) is 4.57 Å². The number of hydrogen-bond acceptors (Lipinski definition) is 5. The van der Waals surface area contributed by atoms with E-state index in [9.17, 15) is 0 Å². The first-order valence-corrected chi connectivity index (χ1v) is 9.62. The summed E-state index contributed by atoms with van der Waals surface area (Å²) in [5, 5.41) is 0. The number of ether oxygens (including phenoxy) is 2. The van der Waals surface area contributed by atoms with Gasteiger partial charge in [0.1, 0.15) is 15.4 Å². The van der Waals surface area contributed by atoms with Gasteiger partial charge in [0.25, 0.3) is 0 Å². The molecule has 0 aromatic carbocycles. The highest BCUT2D eigenvalue weighted by molar-refractivity contribution is 6.65. The van der Waals surface area contributed by atoms with E-state index in [0.29, 0.717) is 9.52 Å². The molecule has 1 fully saturated rings. The summed E-state index contributed by atoms with van der Waals surface area (Å²) in [6.07, 6.45) is 2.33. The fourth-order valence-electron chi connectivity index (χ4n) is 2.40. The van der Waals surface area contributed by atoms with Crippen molar-refractivity contribution >= 4 is 18.2 Å². The van der Waals surface area contributed by atoms with Gasteiger partial charge < -0.3 is 18.3 Å². The van der Waals surface area contributed by atoms with Crippen LogP contribution in [0.1, 0.15) is 12.8 Å². The van der Waals surface area contributed by atoms with Crippen LogP contribution in [0, 0.1) is 0 Å². The van der Waals surface area contributed by atoms with Gasteiger partial charge in [-0.05, 0) is 25.9 Å². The van der Waals surface area contributed by atoms with Crippen molar-refractivity contribution in [2.45, 2.75) is 30.8 Å². The van der Waals surface area contributed by atoms with E-state index in [-0.39, 0.29) is 5.91 Å². The minimum Gasteiger partial charge on any atom is -0.386 e. The van der Waals surface area contributed by atoms with Gasteiger partial charge >= 0.3 is 8.72 Å². The van der Waals surface area contributed by atoms with Crippen molar-refractivity contribution in [2.75, 3.05) is 41.5 Å². The van der Waals surface area contributed by atoms with Gasteiger partial charge in [0.05, 0.1) is 0 Å². The van der Waals surface area contributed by atoms with Crippen LogP contribution in [0.2, 0.25) is 12.1 Å². The van der Waals surface area contributed by atoms with Crippen LogP contribution < -0.4 is 0 Å². The topological polar surface area (TPSA) is 40.2 Å². The van der Waals surface area contributed by atoms with Gasteiger partial charge in [-0.1, -0.05) is 6.04 Å². The minimum absolute atomic E-state index is 0.0459. The van der Waals surface area contributed by atoms with Crippen LogP contribution in [0.5, 0.6) is 0 Å². The zero-order valence-electron chi connectivity index (χ0n) is 11.9. The van der Waals surface area contributed by atoms with E-state index in [0.717, 1.165) is 31.6 Å². The van der Waals surface area contributed by atoms with Crippen LogP contribution >= 0.6 is 0 Å². The van der Waals surface area contributed by atoms with Gasteiger partial charge in [0.2, 0.25) is 0 Å². The quantitative estimate of drug-likeness (QED) is 0.360. The van der Waals surface area contributed by atoms with E-state index in [2.05, 4.69) is 4.57 Å². The standard InChI is InChI=1S/C11H25NO4Si2/c1-13-11(14-2)17-9-5-7-12-8-6-10-18(12,15-3)16-4/h11H,5-10H2,1-4H3. The van der Waals surface area contributed by atoms with Gasteiger partial charge in [-0.25, -0.2) is 0 Å². The summed E-state index contributed by atoms with van der Waals surface area (Å²) in [6.45, 7) is 2.16.